The molecule has 1 aromatic rings. The lowest BCUT2D eigenvalue weighted by atomic mass is 10.3. The molecule has 126 valence electrons. The Morgan fingerprint density at radius 2 is 2.14 bits per heavy atom. The van der Waals surface area contributed by atoms with Crippen LogP contribution in [-0.4, -0.2) is 48.4 Å². The number of aromatic nitrogens is 2. The van der Waals surface area contributed by atoms with Crippen molar-refractivity contribution in [2.45, 2.75) is 25.9 Å². The molecular weight excluding hydrogens is 325 g/mol. The molecule has 1 heterocycles. The predicted molar refractivity (Wildman–Crippen MR) is 76.2 cm³/mol. The van der Waals surface area contributed by atoms with E-state index in [9.17, 15) is 18.0 Å². The maximum Gasteiger partial charge on any atom is 0.389 e. The van der Waals surface area contributed by atoms with Crippen molar-refractivity contribution in [1.82, 2.24) is 15.3 Å². The third-order valence-corrected chi connectivity index (χ3v) is 2.75. The normalized spacial score (nSPS) is 11.5. The van der Waals surface area contributed by atoms with Crippen LogP contribution in [0, 0.1) is 0 Å². The molecule has 0 unspecified atom stereocenters. The predicted octanol–water partition coefficient (Wildman–Crippen LogP) is 2.58. The number of ether oxygens (including phenoxy) is 1. The maximum absolute atomic E-state index is 12.0. The molecule has 0 aliphatic rings. The molecule has 6 nitrogen and oxygen atoms in total. The number of H-pyrrole nitrogens is 1. The van der Waals surface area contributed by atoms with Crippen molar-refractivity contribution >= 4 is 23.3 Å². The van der Waals surface area contributed by atoms with Crippen molar-refractivity contribution in [2.75, 3.05) is 31.6 Å². The van der Waals surface area contributed by atoms with Crippen LogP contribution < -0.4 is 10.6 Å². The Morgan fingerprint density at radius 3 is 2.77 bits per heavy atom. The summed E-state index contributed by atoms with van der Waals surface area (Å²) in [5.41, 5.74) is 0.0773. The number of alkyl halides is 3. The molecule has 0 spiro atoms. The minimum absolute atomic E-state index is 0.0201. The van der Waals surface area contributed by atoms with Gasteiger partial charge in [-0.15, -0.1) is 0 Å². The highest BCUT2D eigenvalue weighted by Gasteiger charge is 2.26. The molecule has 1 rings (SSSR count). The van der Waals surface area contributed by atoms with E-state index in [2.05, 4.69) is 20.6 Å². The van der Waals surface area contributed by atoms with Crippen molar-refractivity contribution in [3.63, 3.8) is 0 Å². The topological polar surface area (TPSA) is 79.0 Å². The van der Waals surface area contributed by atoms with Gasteiger partial charge in [-0.3, -0.25) is 4.79 Å². The van der Waals surface area contributed by atoms with Gasteiger partial charge in [-0.05, 0) is 24.9 Å². The molecule has 22 heavy (non-hydrogen) atoms. The molecule has 1 amide bonds. The van der Waals surface area contributed by atoms with Crippen LogP contribution in [0.3, 0.4) is 0 Å². The number of halogens is 4. The molecule has 0 fully saturated rings. The summed E-state index contributed by atoms with van der Waals surface area (Å²) in [6.45, 7) is 3.06. The smallest absolute Gasteiger partial charge is 0.380 e. The number of amides is 1. The third kappa shape index (κ3) is 6.99. The van der Waals surface area contributed by atoms with Gasteiger partial charge in [0.2, 0.25) is 5.28 Å². The van der Waals surface area contributed by atoms with Crippen molar-refractivity contribution in [2.24, 2.45) is 0 Å². The first kappa shape index (κ1) is 18.6. The number of carbonyl (C=O) groups excluding carboxylic acids is 1. The highest BCUT2D eigenvalue weighted by atomic mass is 35.5. The van der Waals surface area contributed by atoms with Gasteiger partial charge < -0.3 is 20.4 Å². The van der Waals surface area contributed by atoms with E-state index < -0.39 is 18.5 Å². The Labute approximate surface area is 130 Å². The zero-order valence-electron chi connectivity index (χ0n) is 12.0. The van der Waals surface area contributed by atoms with Gasteiger partial charge in [0.15, 0.2) is 5.82 Å². The molecule has 1 aromatic heterocycles. The van der Waals surface area contributed by atoms with E-state index in [1.165, 1.54) is 0 Å². The summed E-state index contributed by atoms with van der Waals surface area (Å²) in [7, 11) is 0. The number of imidazole rings is 1. The summed E-state index contributed by atoms with van der Waals surface area (Å²) >= 11 is 5.69. The molecule has 0 aliphatic heterocycles. The number of hydrogen-bond donors (Lipinski definition) is 3. The summed E-state index contributed by atoms with van der Waals surface area (Å²) in [5, 5.41) is 5.24. The lowest BCUT2D eigenvalue weighted by Crippen LogP contribution is -2.28. The molecule has 0 aliphatic carbocycles. The lowest BCUT2D eigenvalue weighted by Gasteiger charge is -2.08. The van der Waals surface area contributed by atoms with Gasteiger partial charge in [0.05, 0.1) is 6.61 Å². The highest BCUT2D eigenvalue weighted by Crippen LogP contribution is 2.21. The number of nitrogens with zero attached hydrogens (tertiary/aromatic N) is 1. The van der Waals surface area contributed by atoms with Crippen LogP contribution in [0.2, 0.25) is 5.28 Å². The van der Waals surface area contributed by atoms with E-state index in [1.807, 2.05) is 6.92 Å². The van der Waals surface area contributed by atoms with Crippen LogP contribution in [0.15, 0.2) is 0 Å². The van der Waals surface area contributed by atoms with E-state index in [4.69, 9.17) is 16.3 Å². The average Bonchev–Trinajstić information content (AvgIpc) is 2.80. The van der Waals surface area contributed by atoms with Gasteiger partial charge in [-0.25, -0.2) is 4.98 Å². The summed E-state index contributed by atoms with van der Waals surface area (Å²) in [6.07, 6.45) is -5.24. The Bertz CT molecular complexity index is 479. The van der Waals surface area contributed by atoms with E-state index in [0.29, 0.717) is 19.8 Å². The molecule has 3 N–H and O–H groups in total. The first-order valence-corrected chi connectivity index (χ1v) is 7.13. The Morgan fingerprint density at radius 1 is 1.41 bits per heavy atom. The second-order valence-electron chi connectivity index (χ2n) is 4.35. The second kappa shape index (κ2) is 8.84. The molecule has 0 aromatic carbocycles. The third-order valence-electron chi connectivity index (χ3n) is 2.57. The Balaban J connectivity index is 2.48. The Kier molecular flexibility index (Phi) is 7.46. The molecule has 0 saturated heterocycles. The summed E-state index contributed by atoms with van der Waals surface area (Å²) in [6, 6.07) is 0. The molecule has 0 bridgehead atoms. The van der Waals surface area contributed by atoms with Gasteiger partial charge in [0, 0.05) is 26.1 Å². The van der Waals surface area contributed by atoms with E-state index in [1.54, 1.807) is 0 Å². The lowest BCUT2D eigenvalue weighted by molar-refractivity contribution is -0.134. The highest BCUT2D eigenvalue weighted by molar-refractivity contribution is 6.28. The number of aromatic amines is 1. The summed E-state index contributed by atoms with van der Waals surface area (Å²) < 4.78 is 41.2. The largest absolute Gasteiger partial charge is 0.389 e. The number of nitrogens with one attached hydrogen (secondary N) is 3. The van der Waals surface area contributed by atoms with Gasteiger partial charge >= 0.3 is 6.18 Å². The fourth-order valence-corrected chi connectivity index (χ4v) is 1.78. The fraction of sp³-hybridized carbons (Fsp3) is 0.667. The second-order valence-corrected chi connectivity index (χ2v) is 4.71. The van der Waals surface area contributed by atoms with Crippen molar-refractivity contribution < 1.29 is 22.7 Å². The van der Waals surface area contributed by atoms with Crippen LogP contribution in [0.5, 0.6) is 0 Å². The number of anilines is 1. The van der Waals surface area contributed by atoms with Gasteiger partial charge in [-0.2, -0.15) is 13.2 Å². The molecule has 10 heteroatoms. The average molecular weight is 343 g/mol. The zero-order valence-corrected chi connectivity index (χ0v) is 12.8. The van der Waals surface area contributed by atoms with Crippen LogP contribution in [-0.2, 0) is 4.74 Å². The summed E-state index contributed by atoms with van der Waals surface area (Å²) in [5.74, 6) is -0.335. The van der Waals surface area contributed by atoms with E-state index >= 15 is 0 Å². The molecule has 0 atom stereocenters. The summed E-state index contributed by atoms with van der Waals surface area (Å²) in [4.78, 5) is 18.3. The monoisotopic (exact) mass is 342 g/mol. The fourth-order valence-electron chi connectivity index (χ4n) is 1.60. The number of carbonyl (C=O) groups is 1. The minimum Gasteiger partial charge on any atom is -0.380 e. The van der Waals surface area contributed by atoms with Crippen LogP contribution >= 0.6 is 11.6 Å². The van der Waals surface area contributed by atoms with E-state index in [0.717, 1.165) is 0 Å². The quantitative estimate of drug-likeness (QED) is 0.603. The first-order valence-electron chi connectivity index (χ1n) is 6.75. The van der Waals surface area contributed by atoms with Gasteiger partial charge in [0.1, 0.15) is 5.69 Å². The van der Waals surface area contributed by atoms with Gasteiger partial charge in [-0.1, -0.05) is 0 Å². The first-order chi connectivity index (χ1) is 10.3. The van der Waals surface area contributed by atoms with Crippen molar-refractivity contribution in [3.05, 3.63) is 11.0 Å². The molecule has 0 saturated carbocycles. The number of rotatable bonds is 9. The molecular formula is C12H18ClF3N4O2. The van der Waals surface area contributed by atoms with E-state index in [-0.39, 0.29) is 29.8 Å². The molecule has 0 radical (unpaired) electrons. The zero-order chi connectivity index (χ0) is 16.6. The van der Waals surface area contributed by atoms with Crippen molar-refractivity contribution in [1.29, 1.82) is 0 Å². The number of hydrogen-bond acceptors (Lipinski definition) is 4. The van der Waals surface area contributed by atoms with Crippen molar-refractivity contribution in [3.8, 4) is 0 Å². The Hall–Kier alpha value is -1.48. The van der Waals surface area contributed by atoms with Crippen LogP contribution in [0.4, 0.5) is 19.0 Å². The minimum atomic E-state index is -4.20. The SMILES string of the molecule is CCOCCNC(=O)c1[nH]c(Cl)nc1NCCCC(F)(F)F. The van der Waals surface area contributed by atoms with Crippen LogP contribution in [0.25, 0.3) is 0 Å². The maximum atomic E-state index is 12.0. The standard InChI is InChI=1S/C12H18ClF3N4O2/c1-2-22-7-6-18-10(21)8-9(20-11(13)19-8)17-5-3-4-12(14,15)16/h17H,2-7H2,1H3,(H,18,21)(H,19,20). The van der Waals surface area contributed by atoms with Gasteiger partial charge in [0.25, 0.3) is 5.91 Å². The van der Waals surface area contributed by atoms with Crippen LogP contribution in [0.1, 0.15) is 30.3 Å².